The van der Waals surface area contributed by atoms with E-state index < -0.39 is 11.9 Å². The lowest BCUT2D eigenvalue weighted by Crippen LogP contribution is -2.33. The molecule has 0 aromatic heterocycles. The lowest BCUT2D eigenvalue weighted by atomic mass is 10.2. The number of carbonyl (C=O) groups is 2. The molecule has 0 spiro atoms. The summed E-state index contributed by atoms with van der Waals surface area (Å²) in [6.07, 6.45) is 2.10. The second-order valence-electron chi connectivity index (χ2n) is 5.33. The quantitative estimate of drug-likeness (QED) is 0.434. The molecule has 0 bridgehead atoms. The largest absolute Gasteiger partial charge is 0.489 e. The molecule has 0 unspecified atom stereocenters. The second-order valence-corrected chi connectivity index (χ2v) is 5.74. The highest BCUT2D eigenvalue weighted by atomic mass is 32.1. The summed E-state index contributed by atoms with van der Waals surface area (Å²) in [4.78, 5) is 22.9. The highest BCUT2D eigenvalue weighted by Crippen LogP contribution is 2.18. The molecule has 0 atom stereocenters. The second kappa shape index (κ2) is 10.7. The van der Waals surface area contributed by atoms with Gasteiger partial charge in [0, 0.05) is 23.9 Å². The molecule has 140 valence electrons. The SMILES string of the molecule is CCOC(=O)/C=C/C(=O)NC(=S)Nc1cccc(OCc2ccccc2)c1. The first-order chi connectivity index (χ1) is 13.1. The molecule has 0 saturated heterocycles. The van der Waals surface area contributed by atoms with Gasteiger partial charge in [-0.05, 0) is 36.8 Å². The lowest BCUT2D eigenvalue weighted by molar-refractivity contribution is -0.137. The molecular formula is C20H20N2O4S. The minimum absolute atomic E-state index is 0.105. The maximum Gasteiger partial charge on any atom is 0.330 e. The van der Waals surface area contributed by atoms with Gasteiger partial charge in [0.05, 0.1) is 6.61 Å². The number of thiocarbonyl (C=S) groups is 1. The van der Waals surface area contributed by atoms with E-state index in [9.17, 15) is 9.59 Å². The third-order valence-electron chi connectivity index (χ3n) is 3.23. The Morgan fingerprint density at radius 2 is 1.85 bits per heavy atom. The van der Waals surface area contributed by atoms with Crippen molar-refractivity contribution in [2.75, 3.05) is 11.9 Å². The van der Waals surface area contributed by atoms with Crippen LogP contribution in [0.25, 0.3) is 0 Å². The van der Waals surface area contributed by atoms with Gasteiger partial charge in [0.15, 0.2) is 5.11 Å². The van der Waals surface area contributed by atoms with Gasteiger partial charge in [-0.15, -0.1) is 0 Å². The summed E-state index contributed by atoms with van der Waals surface area (Å²) in [7, 11) is 0. The van der Waals surface area contributed by atoms with Crippen molar-refractivity contribution >= 4 is 34.9 Å². The van der Waals surface area contributed by atoms with E-state index in [1.54, 1.807) is 19.1 Å². The third kappa shape index (κ3) is 7.70. The summed E-state index contributed by atoms with van der Waals surface area (Å²) in [6, 6.07) is 17.0. The first-order valence-electron chi connectivity index (χ1n) is 8.30. The number of amides is 1. The Morgan fingerprint density at radius 1 is 1.07 bits per heavy atom. The molecule has 0 saturated carbocycles. The molecular weight excluding hydrogens is 364 g/mol. The summed E-state index contributed by atoms with van der Waals surface area (Å²) < 4.78 is 10.4. The molecule has 2 N–H and O–H groups in total. The van der Waals surface area contributed by atoms with Crippen LogP contribution >= 0.6 is 12.2 Å². The van der Waals surface area contributed by atoms with Gasteiger partial charge in [0.2, 0.25) is 5.91 Å². The Kier molecular flexibility index (Phi) is 7.99. The molecule has 1 amide bonds. The fraction of sp³-hybridized carbons (Fsp3) is 0.150. The minimum atomic E-state index is -0.588. The molecule has 7 heteroatoms. The summed E-state index contributed by atoms with van der Waals surface area (Å²) in [5, 5.41) is 5.45. The van der Waals surface area contributed by atoms with Gasteiger partial charge in [-0.2, -0.15) is 0 Å². The van der Waals surface area contributed by atoms with Crippen molar-refractivity contribution in [3.05, 3.63) is 72.3 Å². The zero-order valence-electron chi connectivity index (χ0n) is 14.8. The molecule has 0 fully saturated rings. The maximum absolute atomic E-state index is 11.7. The number of nitrogens with one attached hydrogen (secondary N) is 2. The van der Waals surface area contributed by atoms with E-state index in [4.69, 9.17) is 21.7 Å². The smallest absolute Gasteiger partial charge is 0.330 e. The van der Waals surface area contributed by atoms with Gasteiger partial charge >= 0.3 is 5.97 Å². The Balaban J connectivity index is 1.85. The Bertz CT molecular complexity index is 822. The number of anilines is 1. The van der Waals surface area contributed by atoms with Crippen LogP contribution < -0.4 is 15.4 Å². The third-order valence-corrected chi connectivity index (χ3v) is 3.44. The normalized spacial score (nSPS) is 10.3. The van der Waals surface area contributed by atoms with Crippen molar-refractivity contribution in [3.8, 4) is 5.75 Å². The number of benzene rings is 2. The van der Waals surface area contributed by atoms with Crippen LogP contribution in [0.15, 0.2) is 66.7 Å². The van der Waals surface area contributed by atoms with Gasteiger partial charge in [-0.1, -0.05) is 36.4 Å². The van der Waals surface area contributed by atoms with Crippen LogP contribution in [0.5, 0.6) is 5.75 Å². The predicted octanol–water partition coefficient (Wildman–Crippen LogP) is 3.20. The van der Waals surface area contributed by atoms with E-state index >= 15 is 0 Å². The predicted molar refractivity (Wildman–Crippen MR) is 107 cm³/mol. The number of hydrogen-bond acceptors (Lipinski definition) is 5. The van der Waals surface area contributed by atoms with Crippen LogP contribution in [-0.4, -0.2) is 23.6 Å². The molecule has 0 aliphatic rings. The molecule has 0 aliphatic heterocycles. The van der Waals surface area contributed by atoms with Gasteiger partial charge in [-0.3, -0.25) is 10.1 Å². The van der Waals surface area contributed by atoms with E-state index in [0.717, 1.165) is 17.7 Å². The standard InChI is InChI=1S/C20H20N2O4S/c1-2-25-19(24)12-11-18(23)22-20(27)21-16-9-6-10-17(13-16)26-14-15-7-4-3-5-8-15/h3-13H,2,14H2,1H3,(H2,21,22,23,27)/b12-11+. The zero-order chi connectivity index (χ0) is 19.5. The van der Waals surface area contributed by atoms with Gasteiger partial charge in [0.1, 0.15) is 12.4 Å². The summed E-state index contributed by atoms with van der Waals surface area (Å²) in [6.45, 7) is 2.38. The van der Waals surface area contributed by atoms with Crippen LogP contribution in [0, 0.1) is 0 Å². The van der Waals surface area contributed by atoms with E-state index in [-0.39, 0.29) is 11.7 Å². The highest BCUT2D eigenvalue weighted by Gasteiger charge is 2.04. The topological polar surface area (TPSA) is 76.7 Å². The fourth-order valence-electron chi connectivity index (χ4n) is 2.05. The van der Waals surface area contributed by atoms with Crippen LogP contribution in [0.4, 0.5) is 5.69 Å². The number of carbonyl (C=O) groups excluding carboxylic acids is 2. The van der Waals surface area contributed by atoms with Crippen LogP contribution in [0.2, 0.25) is 0 Å². The van der Waals surface area contributed by atoms with E-state index in [1.807, 2.05) is 42.5 Å². The van der Waals surface area contributed by atoms with Crippen LogP contribution in [-0.2, 0) is 20.9 Å². The molecule has 6 nitrogen and oxygen atoms in total. The van der Waals surface area contributed by atoms with Crippen molar-refractivity contribution < 1.29 is 19.1 Å². The molecule has 0 heterocycles. The van der Waals surface area contributed by atoms with Crippen molar-refractivity contribution in [2.45, 2.75) is 13.5 Å². The van der Waals surface area contributed by atoms with E-state index in [1.165, 1.54) is 0 Å². The Morgan fingerprint density at radius 3 is 2.59 bits per heavy atom. The summed E-state index contributed by atoms with van der Waals surface area (Å²) >= 11 is 5.09. The lowest BCUT2D eigenvalue weighted by Gasteiger charge is -2.11. The average Bonchev–Trinajstić information content (AvgIpc) is 2.66. The zero-order valence-corrected chi connectivity index (χ0v) is 15.6. The van der Waals surface area contributed by atoms with Crippen LogP contribution in [0.1, 0.15) is 12.5 Å². The van der Waals surface area contributed by atoms with Crippen molar-refractivity contribution in [2.24, 2.45) is 0 Å². The van der Waals surface area contributed by atoms with Gasteiger partial charge < -0.3 is 14.8 Å². The number of esters is 1. The number of hydrogen-bond donors (Lipinski definition) is 2. The van der Waals surface area contributed by atoms with Crippen LogP contribution in [0.3, 0.4) is 0 Å². The van der Waals surface area contributed by atoms with E-state index in [2.05, 4.69) is 10.6 Å². The van der Waals surface area contributed by atoms with Crippen molar-refractivity contribution in [1.29, 1.82) is 0 Å². The number of rotatable bonds is 7. The monoisotopic (exact) mass is 384 g/mol. The molecule has 2 aromatic rings. The molecule has 2 rings (SSSR count). The minimum Gasteiger partial charge on any atom is -0.489 e. The first kappa shape index (κ1) is 20.1. The van der Waals surface area contributed by atoms with Gasteiger partial charge in [-0.25, -0.2) is 4.79 Å². The maximum atomic E-state index is 11.7. The molecule has 27 heavy (non-hydrogen) atoms. The average molecular weight is 384 g/mol. The van der Waals surface area contributed by atoms with Crippen molar-refractivity contribution in [3.63, 3.8) is 0 Å². The Labute approximate surface area is 163 Å². The summed E-state index contributed by atoms with van der Waals surface area (Å²) in [5.41, 5.74) is 1.73. The Hall–Kier alpha value is -3.19. The fourth-order valence-corrected chi connectivity index (χ4v) is 2.27. The first-order valence-corrected chi connectivity index (χ1v) is 8.71. The highest BCUT2D eigenvalue weighted by molar-refractivity contribution is 7.80. The molecule has 0 aliphatic carbocycles. The van der Waals surface area contributed by atoms with E-state index in [0.29, 0.717) is 18.0 Å². The molecule has 0 radical (unpaired) electrons. The number of ether oxygens (including phenoxy) is 2. The molecule has 2 aromatic carbocycles. The van der Waals surface area contributed by atoms with Gasteiger partial charge in [0.25, 0.3) is 0 Å². The van der Waals surface area contributed by atoms with Crippen molar-refractivity contribution in [1.82, 2.24) is 5.32 Å². The summed E-state index contributed by atoms with van der Waals surface area (Å²) in [5.74, 6) is -0.452.